The number of fused-ring (bicyclic) bond motifs is 1. The molecular weight excluding hydrogens is 286 g/mol. The van der Waals surface area contributed by atoms with Gasteiger partial charge in [-0.1, -0.05) is 12.8 Å². The topological polar surface area (TPSA) is 57.8 Å². The second kappa shape index (κ2) is 6.15. The molecule has 0 aromatic carbocycles. The summed E-state index contributed by atoms with van der Waals surface area (Å²) in [4.78, 5) is 19.4. The number of carbonyl (C=O) groups is 1. The number of nitrogens with zero attached hydrogens (tertiary/aromatic N) is 3. The molecule has 0 aliphatic heterocycles. The van der Waals surface area contributed by atoms with Gasteiger partial charge in [0.15, 0.2) is 4.96 Å². The number of carbonyl (C=O) groups excluding carboxylic acids is 1. The molecule has 0 radical (unpaired) electrons. The zero-order chi connectivity index (χ0) is 14.8. The predicted molar refractivity (Wildman–Crippen MR) is 82.4 cm³/mol. The number of thiazole rings is 1. The van der Waals surface area contributed by atoms with Crippen LogP contribution in [0.4, 0.5) is 0 Å². The molecule has 1 fully saturated rings. The second-order valence-corrected chi connectivity index (χ2v) is 6.76. The van der Waals surface area contributed by atoms with Crippen LogP contribution in [0.2, 0.25) is 0 Å². The first kappa shape index (κ1) is 14.5. The van der Waals surface area contributed by atoms with Gasteiger partial charge in [0.25, 0.3) is 0 Å². The minimum atomic E-state index is -0.257. The zero-order valence-electron chi connectivity index (χ0n) is 12.2. The molecule has 1 N–H and O–H groups in total. The van der Waals surface area contributed by atoms with Crippen molar-refractivity contribution in [1.29, 1.82) is 0 Å². The molecule has 2 heterocycles. The summed E-state index contributed by atoms with van der Waals surface area (Å²) >= 11 is 1.57. The minimum Gasteiger partial charge on any atom is -0.393 e. The summed E-state index contributed by atoms with van der Waals surface area (Å²) in [6.07, 6.45) is 8.06. The van der Waals surface area contributed by atoms with E-state index in [0.29, 0.717) is 13.0 Å². The van der Waals surface area contributed by atoms with Gasteiger partial charge in [-0.15, -0.1) is 11.3 Å². The number of hydrogen-bond acceptors (Lipinski definition) is 4. The highest BCUT2D eigenvalue weighted by molar-refractivity contribution is 7.15. The van der Waals surface area contributed by atoms with Gasteiger partial charge in [-0.3, -0.25) is 9.20 Å². The van der Waals surface area contributed by atoms with Crippen molar-refractivity contribution < 1.29 is 9.90 Å². The molecule has 3 rings (SSSR count). The van der Waals surface area contributed by atoms with Crippen molar-refractivity contribution in [1.82, 2.24) is 14.3 Å². The summed E-state index contributed by atoms with van der Waals surface area (Å²) in [6, 6.07) is 0. The fourth-order valence-electron chi connectivity index (χ4n) is 3.01. The number of likely N-dealkylation sites (N-methyl/N-ethyl adjacent to an activating group) is 1. The van der Waals surface area contributed by atoms with E-state index in [4.69, 9.17) is 0 Å². The maximum absolute atomic E-state index is 12.3. The number of aliphatic hydroxyl groups excluding tert-OH is 1. The first-order chi connectivity index (χ1) is 10.1. The van der Waals surface area contributed by atoms with Gasteiger partial charge < -0.3 is 10.0 Å². The van der Waals surface area contributed by atoms with E-state index in [1.165, 1.54) is 0 Å². The largest absolute Gasteiger partial charge is 0.393 e. The van der Waals surface area contributed by atoms with Crippen LogP contribution in [0.5, 0.6) is 0 Å². The lowest BCUT2D eigenvalue weighted by Crippen LogP contribution is -2.38. The summed E-state index contributed by atoms with van der Waals surface area (Å²) in [5, 5.41) is 12.0. The molecule has 2 unspecified atom stereocenters. The monoisotopic (exact) mass is 307 g/mol. The summed E-state index contributed by atoms with van der Waals surface area (Å²) in [6.45, 7) is 0.641. The van der Waals surface area contributed by atoms with Crippen molar-refractivity contribution in [3.05, 3.63) is 23.5 Å². The Morgan fingerprint density at radius 3 is 3.10 bits per heavy atom. The molecule has 1 saturated carbocycles. The van der Waals surface area contributed by atoms with Crippen molar-refractivity contribution in [2.45, 2.75) is 38.2 Å². The maximum Gasteiger partial charge on any atom is 0.228 e. The van der Waals surface area contributed by atoms with Gasteiger partial charge in [-0.25, -0.2) is 4.98 Å². The van der Waals surface area contributed by atoms with Gasteiger partial charge in [0.1, 0.15) is 0 Å². The molecule has 1 aliphatic rings. The third-order valence-electron chi connectivity index (χ3n) is 4.28. The van der Waals surface area contributed by atoms with Gasteiger partial charge in [0, 0.05) is 37.3 Å². The van der Waals surface area contributed by atoms with Gasteiger partial charge in [-0.05, 0) is 12.8 Å². The molecule has 21 heavy (non-hydrogen) atoms. The SMILES string of the molecule is CN(CC1CCCCC1O)C(=O)Cc1cn2ccsc2n1. The Morgan fingerprint density at radius 1 is 1.52 bits per heavy atom. The average molecular weight is 307 g/mol. The van der Waals surface area contributed by atoms with E-state index in [1.54, 1.807) is 16.2 Å². The number of rotatable bonds is 4. The first-order valence-corrected chi connectivity index (χ1v) is 8.34. The molecule has 0 bridgehead atoms. The van der Waals surface area contributed by atoms with Crippen molar-refractivity contribution in [2.24, 2.45) is 5.92 Å². The lowest BCUT2D eigenvalue weighted by Gasteiger charge is -2.31. The standard InChI is InChI=1S/C15H21N3O2S/c1-17(9-11-4-2-3-5-13(11)19)14(20)8-12-10-18-6-7-21-15(18)16-12/h6-7,10-11,13,19H,2-5,8-9H2,1H3. The Hall–Kier alpha value is -1.40. The number of imidazole rings is 1. The molecule has 2 aromatic rings. The Morgan fingerprint density at radius 2 is 2.33 bits per heavy atom. The van der Waals surface area contributed by atoms with Crippen LogP contribution in [-0.2, 0) is 11.2 Å². The van der Waals surface area contributed by atoms with Crippen molar-refractivity contribution in [3.8, 4) is 0 Å². The molecule has 2 aromatic heterocycles. The predicted octanol–water partition coefficient (Wildman–Crippen LogP) is 1.95. The van der Waals surface area contributed by atoms with Crippen LogP contribution in [-0.4, -0.2) is 45.0 Å². The number of aliphatic hydroxyl groups is 1. The van der Waals surface area contributed by atoms with E-state index in [1.807, 2.05) is 29.2 Å². The van der Waals surface area contributed by atoms with Crippen molar-refractivity contribution >= 4 is 22.2 Å². The van der Waals surface area contributed by atoms with Crippen LogP contribution in [0, 0.1) is 5.92 Å². The lowest BCUT2D eigenvalue weighted by atomic mass is 9.86. The van der Waals surface area contributed by atoms with Crippen LogP contribution in [0.15, 0.2) is 17.8 Å². The maximum atomic E-state index is 12.3. The molecule has 0 saturated heterocycles. The fraction of sp³-hybridized carbons (Fsp3) is 0.600. The summed E-state index contributed by atoms with van der Waals surface area (Å²) < 4.78 is 1.94. The van der Waals surface area contributed by atoms with E-state index in [-0.39, 0.29) is 17.9 Å². The third kappa shape index (κ3) is 3.27. The minimum absolute atomic E-state index is 0.0681. The van der Waals surface area contributed by atoms with E-state index in [9.17, 15) is 9.90 Å². The highest BCUT2D eigenvalue weighted by atomic mass is 32.1. The van der Waals surface area contributed by atoms with E-state index >= 15 is 0 Å². The fourth-order valence-corrected chi connectivity index (χ4v) is 3.72. The number of aromatic nitrogens is 2. The molecule has 114 valence electrons. The highest BCUT2D eigenvalue weighted by Gasteiger charge is 2.25. The van der Waals surface area contributed by atoms with Crippen molar-refractivity contribution in [2.75, 3.05) is 13.6 Å². The normalized spacial score (nSPS) is 22.6. The Balaban J connectivity index is 1.57. The van der Waals surface area contributed by atoms with Crippen LogP contribution < -0.4 is 0 Å². The highest BCUT2D eigenvalue weighted by Crippen LogP contribution is 2.25. The molecule has 6 heteroatoms. The molecule has 0 spiro atoms. The molecule has 1 amide bonds. The van der Waals surface area contributed by atoms with Crippen LogP contribution >= 0.6 is 11.3 Å². The van der Waals surface area contributed by atoms with E-state index in [2.05, 4.69) is 4.98 Å². The quantitative estimate of drug-likeness (QED) is 0.939. The van der Waals surface area contributed by atoms with Crippen LogP contribution in [0.25, 0.3) is 4.96 Å². The lowest BCUT2D eigenvalue weighted by molar-refractivity contribution is -0.130. The first-order valence-electron chi connectivity index (χ1n) is 7.46. The molecule has 1 aliphatic carbocycles. The van der Waals surface area contributed by atoms with Crippen LogP contribution in [0.3, 0.4) is 0 Å². The number of hydrogen-bond donors (Lipinski definition) is 1. The van der Waals surface area contributed by atoms with Gasteiger partial charge in [0.05, 0.1) is 18.2 Å². The Kier molecular flexibility index (Phi) is 4.26. The average Bonchev–Trinajstić information content (AvgIpc) is 3.02. The van der Waals surface area contributed by atoms with E-state index in [0.717, 1.165) is 36.3 Å². The Bertz CT molecular complexity index is 593. The summed E-state index contributed by atoms with van der Waals surface area (Å²) in [5.41, 5.74) is 0.808. The van der Waals surface area contributed by atoms with Gasteiger partial charge >= 0.3 is 0 Å². The molecule has 2 atom stereocenters. The summed E-state index contributed by atoms with van der Waals surface area (Å²) in [5.74, 6) is 0.289. The van der Waals surface area contributed by atoms with Crippen molar-refractivity contribution in [3.63, 3.8) is 0 Å². The van der Waals surface area contributed by atoms with E-state index < -0.39 is 0 Å². The zero-order valence-corrected chi connectivity index (χ0v) is 13.1. The molecular formula is C15H21N3O2S. The van der Waals surface area contributed by atoms with Gasteiger partial charge in [-0.2, -0.15) is 0 Å². The molecule has 5 nitrogen and oxygen atoms in total. The second-order valence-electron chi connectivity index (χ2n) is 5.89. The number of amides is 1. The van der Waals surface area contributed by atoms with Crippen LogP contribution in [0.1, 0.15) is 31.4 Å². The van der Waals surface area contributed by atoms with Gasteiger partial charge in [0.2, 0.25) is 5.91 Å². The summed E-state index contributed by atoms with van der Waals surface area (Å²) in [7, 11) is 1.82. The Labute approximate surface area is 128 Å². The third-order valence-corrected chi connectivity index (χ3v) is 5.05. The smallest absolute Gasteiger partial charge is 0.228 e.